The Morgan fingerprint density at radius 2 is 1.65 bits per heavy atom. The van der Waals surface area contributed by atoms with Crippen LogP contribution in [0, 0.1) is 20.8 Å². The highest BCUT2D eigenvalue weighted by Crippen LogP contribution is 2.19. The van der Waals surface area contributed by atoms with E-state index in [9.17, 15) is 4.79 Å². The number of carbonyl (C=O) groups excluding carboxylic acids is 1. The van der Waals surface area contributed by atoms with E-state index in [0.29, 0.717) is 24.1 Å². The van der Waals surface area contributed by atoms with Gasteiger partial charge < -0.3 is 10.2 Å². The molecule has 158 valence electrons. The SMILES string of the molecule is Cc1ccc(NC(=O)N/C(=N/c2nc(C)cc(C)n2)N2CCc3ccccc3C2)cc1. The van der Waals surface area contributed by atoms with E-state index in [4.69, 9.17) is 0 Å². The number of urea groups is 1. The van der Waals surface area contributed by atoms with E-state index in [1.807, 2.05) is 57.2 Å². The maximum Gasteiger partial charge on any atom is 0.326 e. The van der Waals surface area contributed by atoms with Gasteiger partial charge >= 0.3 is 6.03 Å². The number of aryl methyl sites for hydroxylation is 3. The summed E-state index contributed by atoms with van der Waals surface area (Å²) in [5.41, 5.74) is 6.06. The van der Waals surface area contributed by atoms with Crippen molar-refractivity contribution in [1.29, 1.82) is 0 Å². The lowest BCUT2D eigenvalue weighted by molar-refractivity contribution is 0.254. The number of amides is 2. The number of rotatable bonds is 2. The molecule has 0 atom stereocenters. The summed E-state index contributed by atoms with van der Waals surface area (Å²) >= 11 is 0. The van der Waals surface area contributed by atoms with Gasteiger partial charge in [-0.3, -0.25) is 5.32 Å². The Labute approximate surface area is 182 Å². The van der Waals surface area contributed by atoms with E-state index in [-0.39, 0.29) is 6.03 Å². The van der Waals surface area contributed by atoms with Gasteiger partial charge in [0, 0.05) is 30.2 Å². The molecule has 2 amide bonds. The molecule has 0 bridgehead atoms. The van der Waals surface area contributed by atoms with Crippen molar-refractivity contribution < 1.29 is 4.79 Å². The molecule has 2 N–H and O–H groups in total. The molecule has 0 saturated heterocycles. The number of anilines is 1. The largest absolute Gasteiger partial charge is 0.338 e. The molecule has 7 nitrogen and oxygen atoms in total. The molecule has 1 aliphatic heterocycles. The Bertz CT molecular complexity index is 1100. The van der Waals surface area contributed by atoms with Crippen LogP contribution in [0.1, 0.15) is 28.1 Å². The molecular formula is C24H26N6O. The minimum atomic E-state index is -0.356. The average molecular weight is 415 g/mol. The second kappa shape index (κ2) is 8.95. The lowest BCUT2D eigenvalue weighted by Crippen LogP contribution is -2.47. The van der Waals surface area contributed by atoms with Gasteiger partial charge in [-0.05, 0) is 56.5 Å². The zero-order valence-corrected chi connectivity index (χ0v) is 18.0. The minimum absolute atomic E-state index is 0.335. The predicted octanol–water partition coefficient (Wildman–Crippen LogP) is 4.27. The maximum absolute atomic E-state index is 12.7. The van der Waals surface area contributed by atoms with Crippen LogP contribution in [0.3, 0.4) is 0 Å². The Balaban J connectivity index is 1.60. The van der Waals surface area contributed by atoms with Crippen molar-refractivity contribution in [2.45, 2.75) is 33.7 Å². The molecule has 4 rings (SSSR count). The normalized spacial score (nSPS) is 13.5. The summed E-state index contributed by atoms with van der Waals surface area (Å²) < 4.78 is 0. The fourth-order valence-corrected chi connectivity index (χ4v) is 3.61. The van der Waals surface area contributed by atoms with E-state index in [0.717, 1.165) is 29.9 Å². The van der Waals surface area contributed by atoms with Crippen molar-refractivity contribution in [3.05, 3.63) is 82.7 Å². The number of benzene rings is 2. The molecule has 0 unspecified atom stereocenters. The fraction of sp³-hybridized carbons (Fsp3) is 0.250. The summed E-state index contributed by atoms with van der Waals surface area (Å²) in [6.07, 6.45) is 0.879. The molecule has 0 fully saturated rings. The first-order chi connectivity index (χ1) is 15.0. The highest BCUT2D eigenvalue weighted by atomic mass is 16.2. The molecule has 7 heteroatoms. The van der Waals surface area contributed by atoms with Crippen molar-refractivity contribution in [2.75, 3.05) is 11.9 Å². The highest BCUT2D eigenvalue weighted by Gasteiger charge is 2.21. The van der Waals surface area contributed by atoms with Crippen molar-refractivity contribution in [2.24, 2.45) is 4.99 Å². The summed E-state index contributed by atoms with van der Waals surface area (Å²) in [7, 11) is 0. The van der Waals surface area contributed by atoms with Crippen LogP contribution in [0.5, 0.6) is 0 Å². The predicted molar refractivity (Wildman–Crippen MR) is 122 cm³/mol. The number of fused-ring (bicyclic) bond motifs is 1. The summed E-state index contributed by atoms with van der Waals surface area (Å²) in [5, 5.41) is 5.78. The lowest BCUT2D eigenvalue weighted by Gasteiger charge is -2.31. The fourth-order valence-electron chi connectivity index (χ4n) is 3.61. The van der Waals surface area contributed by atoms with E-state index in [1.54, 1.807) is 0 Å². The second-order valence-corrected chi connectivity index (χ2v) is 7.77. The number of nitrogens with one attached hydrogen (secondary N) is 2. The van der Waals surface area contributed by atoms with E-state index in [2.05, 4.69) is 48.7 Å². The van der Waals surface area contributed by atoms with E-state index >= 15 is 0 Å². The third-order valence-corrected chi connectivity index (χ3v) is 5.14. The van der Waals surface area contributed by atoms with Crippen molar-refractivity contribution in [3.8, 4) is 0 Å². The van der Waals surface area contributed by atoms with Crippen molar-refractivity contribution in [1.82, 2.24) is 20.2 Å². The summed E-state index contributed by atoms with van der Waals surface area (Å²) in [6, 6.07) is 17.5. The molecule has 0 spiro atoms. The number of hydrogen-bond acceptors (Lipinski definition) is 4. The molecule has 2 heterocycles. The van der Waals surface area contributed by atoms with Crippen LogP contribution >= 0.6 is 0 Å². The average Bonchev–Trinajstić information content (AvgIpc) is 2.74. The zero-order valence-electron chi connectivity index (χ0n) is 18.0. The van der Waals surface area contributed by atoms with Crippen LogP contribution < -0.4 is 10.6 Å². The Morgan fingerprint density at radius 3 is 2.35 bits per heavy atom. The number of aromatic nitrogens is 2. The number of guanidine groups is 1. The first kappa shape index (κ1) is 20.5. The van der Waals surface area contributed by atoms with Crippen LogP contribution in [-0.4, -0.2) is 33.4 Å². The van der Waals surface area contributed by atoms with Gasteiger partial charge in [0.2, 0.25) is 5.96 Å². The smallest absolute Gasteiger partial charge is 0.326 e. The van der Waals surface area contributed by atoms with Gasteiger partial charge in [0.1, 0.15) is 0 Å². The van der Waals surface area contributed by atoms with Crippen LogP contribution in [-0.2, 0) is 13.0 Å². The second-order valence-electron chi connectivity index (χ2n) is 7.77. The third-order valence-electron chi connectivity index (χ3n) is 5.14. The van der Waals surface area contributed by atoms with E-state index < -0.39 is 0 Å². The van der Waals surface area contributed by atoms with E-state index in [1.165, 1.54) is 11.1 Å². The molecule has 2 aromatic carbocycles. The molecule has 3 aromatic rings. The third kappa shape index (κ3) is 5.25. The number of aliphatic imine (C=N–C) groups is 1. The molecule has 31 heavy (non-hydrogen) atoms. The minimum Gasteiger partial charge on any atom is -0.338 e. The summed E-state index contributed by atoms with van der Waals surface area (Å²) in [5.74, 6) is 0.770. The van der Waals surface area contributed by atoms with Gasteiger partial charge in [-0.1, -0.05) is 42.0 Å². The van der Waals surface area contributed by atoms with Gasteiger partial charge in [0.15, 0.2) is 0 Å². The van der Waals surface area contributed by atoms with Gasteiger partial charge in [-0.25, -0.2) is 14.8 Å². The molecule has 0 radical (unpaired) electrons. The number of nitrogens with zero attached hydrogens (tertiary/aromatic N) is 4. The Hall–Kier alpha value is -3.74. The standard InChI is InChI=1S/C24H26N6O/c1-16-8-10-21(11-9-16)27-24(31)29-23(28-22-25-17(2)14-18(3)26-22)30-13-12-19-6-4-5-7-20(19)15-30/h4-11,14H,12-13,15H2,1-3H3,(H2,25,26,27,28,29,31). The first-order valence-electron chi connectivity index (χ1n) is 10.3. The number of carbonyl (C=O) groups is 1. The molecule has 1 aromatic heterocycles. The van der Waals surface area contributed by atoms with Crippen LogP contribution in [0.2, 0.25) is 0 Å². The van der Waals surface area contributed by atoms with Crippen LogP contribution in [0.25, 0.3) is 0 Å². The monoisotopic (exact) mass is 414 g/mol. The summed E-state index contributed by atoms with van der Waals surface area (Å²) in [6.45, 7) is 7.22. The molecular weight excluding hydrogens is 388 g/mol. The van der Waals surface area contributed by atoms with Crippen molar-refractivity contribution >= 4 is 23.6 Å². The topological polar surface area (TPSA) is 82.5 Å². The molecule has 0 saturated carbocycles. The quantitative estimate of drug-likeness (QED) is 0.485. The van der Waals surface area contributed by atoms with Crippen LogP contribution in [0.4, 0.5) is 16.4 Å². The summed E-state index contributed by atoms with van der Waals surface area (Å²) in [4.78, 5) is 28.3. The Morgan fingerprint density at radius 1 is 0.968 bits per heavy atom. The van der Waals surface area contributed by atoms with Gasteiger partial charge in [-0.2, -0.15) is 4.99 Å². The van der Waals surface area contributed by atoms with Gasteiger partial charge in [0.25, 0.3) is 5.95 Å². The highest BCUT2D eigenvalue weighted by molar-refractivity contribution is 6.03. The lowest BCUT2D eigenvalue weighted by atomic mass is 10.0. The Kier molecular flexibility index (Phi) is 5.93. The van der Waals surface area contributed by atoms with Crippen LogP contribution in [0.15, 0.2) is 59.6 Å². The molecule has 0 aliphatic carbocycles. The number of hydrogen-bond donors (Lipinski definition) is 2. The maximum atomic E-state index is 12.7. The first-order valence-corrected chi connectivity index (χ1v) is 10.3. The molecule has 1 aliphatic rings. The van der Waals surface area contributed by atoms with Gasteiger partial charge in [0.05, 0.1) is 0 Å². The zero-order chi connectivity index (χ0) is 21.8. The van der Waals surface area contributed by atoms with Gasteiger partial charge in [-0.15, -0.1) is 0 Å². The van der Waals surface area contributed by atoms with Crippen molar-refractivity contribution in [3.63, 3.8) is 0 Å².